The molecule has 0 spiro atoms. The Hall–Kier alpha value is -1.49. The second-order valence-electron chi connectivity index (χ2n) is 3.64. The molecule has 0 N–H and O–H groups in total. The van der Waals surface area contributed by atoms with Crippen LogP contribution in [0.15, 0.2) is 22.7 Å². The molecule has 0 aromatic heterocycles. The van der Waals surface area contributed by atoms with Gasteiger partial charge in [0.2, 0.25) is 0 Å². The summed E-state index contributed by atoms with van der Waals surface area (Å²) in [4.78, 5) is 11.2. The highest BCUT2D eigenvalue weighted by atomic mass is 79.9. The molecule has 0 atom stereocenters. The number of carbonyl (C=O) groups is 1. The van der Waals surface area contributed by atoms with Crippen LogP contribution in [0.25, 0.3) is 6.08 Å². The predicted octanol–water partition coefficient (Wildman–Crippen LogP) is 3.43. The minimum absolute atomic E-state index is 0.240. The van der Waals surface area contributed by atoms with Crippen LogP contribution in [0.3, 0.4) is 0 Å². The zero-order valence-corrected chi connectivity index (χ0v) is 12.8. The SMILES string of the molecule is CCOC(=O)C/C=C/c1cc(OC)c(OC)cc1Br. The summed E-state index contributed by atoms with van der Waals surface area (Å²) in [5.41, 5.74) is 0.905. The van der Waals surface area contributed by atoms with Gasteiger partial charge in [-0.2, -0.15) is 0 Å². The molecule has 0 aliphatic rings. The Morgan fingerprint density at radius 1 is 1.26 bits per heavy atom. The molecule has 1 aromatic carbocycles. The molecule has 1 aromatic rings. The molecule has 0 saturated carbocycles. The summed E-state index contributed by atoms with van der Waals surface area (Å²) in [5.74, 6) is 1.05. The highest BCUT2D eigenvalue weighted by Crippen LogP contribution is 2.33. The monoisotopic (exact) mass is 328 g/mol. The Kier molecular flexibility index (Phi) is 6.42. The number of methoxy groups -OCH3 is 2. The average molecular weight is 329 g/mol. The van der Waals surface area contributed by atoms with E-state index in [1.807, 2.05) is 18.2 Å². The van der Waals surface area contributed by atoms with Gasteiger partial charge in [-0.1, -0.05) is 28.1 Å². The van der Waals surface area contributed by atoms with Gasteiger partial charge in [0, 0.05) is 4.47 Å². The van der Waals surface area contributed by atoms with E-state index < -0.39 is 0 Å². The van der Waals surface area contributed by atoms with Crippen LogP contribution in [0, 0.1) is 0 Å². The van der Waals surface area contributed by atoms with Crippen LogP contribution in [0.5, 0.6) is 11.5 Å². The van der Waals surface area contributed by atoms with E-state index in [0.29, 0.717) is 18.1 Å². The summed E-state index contributed by atoms with van der Waals surface area (Å²) in [7, 11) is 3.17. The summed E-state index contributed by atoms with van der Waals surface area (Å²) >= 11 is 3.45. The molecule has 0 aliphatic carbocycles. The average Bonchev–Trinajstić information content (AvgIpc) is 2.40. The molecule has 1 rings (SSSR count). The zero-order valence-electron chi connectivity index (χ0n) is 11.2. The molecular weight excluding hydrogens is 312 g/mol. The van der Waals surface area contributed by atoms with Crippen LogP contribution in [0.1, 0.15) is 18.9 Å². The Morgan fingerprint density at radius 2 is 1.89 bits per heavy atom. The van der Waals surface area contributed by atoms with Crippen molar-refractivity contribution in [3.8, 4) is 11.5 Å². The van der Waals surface area contributed by atoms with Crippen LogP contribution in [-0.2, 0) is 9.53 Å². The third kappa shape index (κ3) is 4.59. The maximum absolute atomic E-state index is 11.2. The maximum atomic E-state index is 11.2. The number of esters is 1. The van der Waals surface area contributed by atoms with Gasteiger partial charge in [0.25, 0.3) is 0 Å². The standard InChI is InChI=1S/C14H17BrO4/c1-4-19-14(16)7-5-6-10-8-12(17-2)13(18-3)9-11(10)15/h5-6,8-9H,4,7H2,1-3H3/b6-5+. The van der Waals surface area contributed by atoms with Gasteiger partial charge < -0.3 is 14.2 Å². The Bertz CT molecular complexity index is 469. The van der Waals surface area contributed by atoms with Crippen LogP contribution >= 0.6 is 15.9 Å². The highest BCUT2D eigenvalue weighted by Gasteiger charge is 2.07. The van der Waals surface area contributed by atoms with E-state index in [2.05, 4.69) is 15.9 Å². The fourth-order valence-corrected chi connectivity index (χ4v) is 1.95. The van der Waals surface area contributed by atoms with E-state index in [-0.39, 0.29) is 12.4 Å². The fraction of sp³-hybridized carbons (Fsp3) is 0.357. The molecule has 0 aliphatic heterocycles. The number of hydrogen-bond donors (Lipinski definition) is 0. The molecule has 19 heavy (non-hydrogen) atoms. The van der Waals surface area contributed by atoms with E-state index in [1.54, 1.807) is 27.2 Å². The van der Waals surface area contributed by atoms with Crippen LogP contribution in [0.4, 0.5) is 0 Å². The molecule has 0 amide bonds. The maximum Gasteiger partial charge on any atom is 0.309 e. The van der Waals surface area contributed by atoms with Gasteiger partial charge >= 0.3 is 5.97 Å². The number of hydrogen-bond acceptors (Lipinski definition) is 4. The molecule has 0 bridgehead atoms. The first-order valence-corrected chi connectivity index (χ1v) is 6.65. The number of ether oxygens (including phenoxy) is 3. The second kappa shape index (κ2) is 7.84. The molecule has 0 fully saturated rings. The van der Waals surface area contributed by atoms with E-state index >= 15 is 0 Å². The quantitative estimate of drug-likeness (QED) is 0.750. The van der Waals surface area contributed by atoms with Crippen molar-refractivity contribution < 1.29 is 19.0 Å². The normalized spacial score (nSPS) is 10.5. The topological polar surface area (TPSA) is 44.8 Å². The number of benzene rings is 1. The van der Waals surface area contributed by atoms with Crippen molar-refractivity contribution in [3.05, 3.63) is 28.2 Å². The lowest BCUT2D eigenvalue weighted by atomic mass is 10.1. The first kappa shape index (κ1) is 15.6. The second-order valence-corrected chi connectivity index (χ2v) is 4.49. The van der Waals surface area contributed by atoms with Crippen LogP contribution < -0.4 is 9.47 Å². The minimum atomic E-state index is -0.240. The van der Waals surface area contributed by atoms with Gasteiger partial charge in [-0.25, -0.2) is 0 Å². The van der Waals surface area contributed by atoms with Gasteiger partial charge in [-0.15, -0.1) is 0 Å². The Labute approximate surface area is 121 Å². The van der Waals surface area contributed by atoms with Gasteiger partial charge in [-0.3, -0.25) is 4.79 Å². The molecule has 0 radical (unpaired) electrons. The molecule has 0 saturated heterocycles. The lowest BCUT2D eigenvalue weighted by Gasteiger charge is -2.09. The van der Waals surface area contributed by atoms with Gasteiger partial charge in [0.15, 0.2) is 11.5 Å². The summed E-state index contributed by atoms with van der Waals surface area (Å²) in [5, 5.41) is 0. The van der Waals surface area contributed by atoms with E-state index in [9.17, 15) is 4.79 Å². The predicted molar refractivity (Wildman–Crippen MR) is 77.5 cm³/mol. The third-order valence-electron chi connectivity index (χ3n) is 2.39. The highest BCUT2D eigenvalue weighted by molar-refractivity contribution is 9.10. The van der Waals surface area contributed by atoms with Crippen molar-refractivity contribution in [2.45, 2.75) is 13.3 Å². The van der Waals surface area contributed by atoms with Crippen molar-refractivity contribution in [1.82, 2.24) is 0 Å². The van der Waals surface area contributed by atoms with Gasteiger partial charge in [0.1, 0.15) is 0 Å². The van der Waals surface area contributed by atoms with E-state index in [0.717, 1.165) is 10.0 Å². The Balaban J connectivity index is 2.83. The zero-order chi connectivity index (χ0) is 14.3. The van der Waals surface area contributed by atoms with Crippen molar-refractivity contribution in [2.75, 3.05) is 20.8 Å². The largest absolute Gasteiger partial charge is 0.493 e. The molecule has 0 heterocycles. The third-order valence-corrected chi connectivity index (χ3v) is 3.08. The number of carbonyl (C=O) groups excluding carboxylic acids is 1. The number of rotatable bonds is 6. The van der Waals surface area contributed by atoms with Crippen LogP contribution in [0.2, 0.25) is 0 Å². The van der Waals surface area contributed by atoms with Gasteiger partial charge in [-0.05, 0) is 24.6 Å². The smallest absolute Gasteiger partial charge is 0.309 e. The molecular formula is C14H17BrO4. The summed E-state index contributed by atoms with van der Waals surface area (Å²) < 4.78 is 16.1. The molecule has 0 unspecified atom stereocenters. The van der Waals surface area contributed by atoms with Crippen molar-refractivity contribution >= 4 is 28.0 Å². The number of halogens is 1. The lowest BCUT2D eigenvalue weighted by molar-refractivity contribution is -0.142. The van der Waals surface area contributed by atoms with Crippen molar-refractivity contribution in [2.24, 2.45) is 0 Å². The van der Waals surface area contributed by atoms with Gasteiger partial charge in [0.05, 0.1) is 27.2 Å². The first-order chi connectivity index (χ1) is 9.12. The summed E-state index contributed by atoms with van der Waals surface area (Å²) in [6.45, 7) is 2.18. The Morgan fingerprint density at radius 3 is 2.47 bits per heavy atom. The fourth-order valence-electron chi connectivity index (χ4n) is 1.50. The van der Waals surface area contributed by atoms with E-state index in [4.69, 9.17) is 14.2 Å². The molecule has 4 nitrogen and oxygen atoms in total. The minimum Gasteiger partial charge on any atom is -0.493 e. The summed E-state index contributed by atoms with van der Waals surface area (Å²) in [6, 6.07) is 3.66. The summed E-state index contributed by atoms with van der Waals surface area (Å²) in [6.07, 6.45) is 3.83. The van der Waals surface area contributed by atoms with E-state index in [1.165, 1.54) is 0 Å². The lowest BCUT2D eigenvalue weighted by Crippen LogP contribution is -2.01. The first-order valence-electron chi connectivity index (χ1n) is 5.86. The molecule has 104 valence electrons. The van der Waals surface area contributed by atoms with Crippen LogP contribution in [-0.4, -0.2) is 26.8 Å². The van der Waals surface area contributed by atoms with Crippen molar-refractivity contribution in [1.29, 1.82) is 0 Å². The van der Waals surface area contributed by atoms with Crippen molar-refractivity contribution in [3.63, 3.8) is 0 Å². The molecule has 5 heteroatoms.